The molecular weight excluding hydrogens is 362 g/mol. The number of allylic oxidation sites excluding steroid dienone is 3. The minimum absolute atomic E-state index is 0.0169. The molecule has 2 N–H and O–H groups in total. The number of rotatable bonds is 6. The van der Waals surface area contributed by atoms with Crippen LogP contribution in [0.15, 0.2) is 34.6 Å². The van der Waals surface area contributed by atoms with E-state index in [1.165, 1.54) is 17.8 Å². The number of hydrogen-bond donors (Lipinski definition) is 2. The minimum atomic E-state index is -1.00. The SMILES string of the molecule is CCC1=C(C(=O)NC2=CC(C(=O)O)C(Cl)(C(C)CC)C=C2)SCCO1. The Labute approximate surface area is 157 Å². The first-order valence-electron chi connectivity index (χ1n) is 8.46. The molecule has 5 nitrogen and oxygen atoms in total. The molecule has 0 bridgehead atoms. The summed E-state index contributed by atoms with van der Waals surface area (Å²) in [5, 5.41) is 12.4. The molecule has 1 aliphatic heterocycles. The third-order valence-corrected chi connectivity index (χ3v) is 6.43. The van der Waals surface area contributed by atoms with Crippen molar-refractivity contribution in [2.75, 3.05) is 12.4 Å². The summed E-state index contributed by atoms with van der Waals surface area (Å²) < 4.78 is 5.53. The molecule has 0 aromatic carbocycles. The highest BCUT2D eigenvalue weighted by Crippen LogP contribution is 2.41. The summed E-state index contributed by atoms with van der Waals surface area (Å²) in [6.07, 6.45) is 6.31. The number of nitrogens with one attached hydrogen (secondary N) is 1. The van der Waals surface area contributed by atoms with Crippen molar-refractivity contribution >= 4 is 35.2 Å². The molecule has 3 unspecified atom stereocenters. The second kappa shape index (κ2) is 8.32. The van der Waals surface area contributed by atoms with E-state index in [0.29, 0.717) is 29.4 Å². The topological polar surface area (TPSA) is 75.6 Å². The monoisotopic (exact) mass is 385 g/mol. The number of hydrogen-bond acceptors (Lipinski definition) is 4. The molecule has 0 aromatic heterocycles. The molecule has 1 aliphatic carbocycles. The molecule has 0 spiro atoms. The van der Waals surface area contributed by atoms with Crippen LogP contribution in [-0.4, -0.2) is 34.2 Å². The van der Waals surface area contributed by atoms with Crippen LogP contribution in [0.25, 0.3) is 0 Å². The number of ether oxygens (including phenoxy) is 1. The largest absolute Gasteiger partial charge is 0.496 e. The summed E-state index contributed by atoms with van der Waals surface area (Å²) in [5.41, 5.74) is 0.450. The van der Waals surface area contributed by atoms with Gasteiger partial charge in [0.15, 0.2) is 0 Å². The zero-order chi connectivity index (χ0) is 18.6. The summed E-state index contributed by atoms with van der Waals surface area (Å²) in [7, 11) is 0. The van der Waals surface area contributed by atoms with E-state index in [-0.39, 0.29) is 11.8 Å². The highest BCUT2D eigenvalue weighted by Gasteiger charge is 2.44. The Hall–Kier alpha value is -1.40. The molecule has 138 valence electrons. The highest BCUT2D eigenvalue weighted by molar-refractivity contribution is 8.04. The third-order valence-electron chi connectivity index (χ3n) is 4.62. The maximum absolute atomic E-state index is 12.5. The van der Waals surface area contributed by atoms with Gasteiger partial charge in [-0.15, -0.1) is 23.4 Å². The van der Waals surface area contributed by atoms with Gasteiger partial charge in [-0.2, -0.15) is 0 Å². The van der Waals surface area contributed by atoms with E-state index >= 15 is 0 Å². The van der Waals surface area contributed by atoms with Crippen molar-refractivity contribution in [2.45, 2.75) is 38.5 Å². The zero-order valence-electron chi connectivity index (χ0n) is 14.7. The van der Waals surface area contributed by atoms with Crippen LogP contribution < -0.4 is 5.32 Å². The molecule has 0 saturated heterocycles. The van der Waals surface area contributed by atoms with E-state index in [4.69, 9.17) is 16.3 Å². The summed E-state index contributed by atoms with van der Waals surface area (Å²) >= 11 is 8.08. The van der Waals surface area contributed by atoms with Crippen LogP contribution in [0, 0.1) is 11.8 Å². The fraction of sp³-hybridized carbons (Fsp3) is 0.556. The quantitative estimate of drug-likeness (QED) is 0.682. The zero-order valence-corrected chi connectivity index (χ0v) is 16.2. The fourth-order valence-electron chi connectivity index (χ4n) is 2.91. The predicted octanol–water partition coefficient (Wildman–Crippen LogP) is 3.67. The van der Waals surface area contributed by atoms with E-state index in [1.54, 1.807) is 12.2 Å². The lowest BCUT2D eigenvalue weighted by Crippen LogP contribution is -2.43. The lowest BCUT2D eigenvalue weighted by molar-refractivity contribution is -0.141. The lowest BCUT2D eigenvalue weighted by atomic mass is 9.77. The smallest absolute Gasteiger partial charge is 0.312 e. The van der Waals surface area contributed by atoms with Crippen LogP contribution in [0.4, 0.5) is 0 Å². The van der Waals surface area contributed by atoms with Gasteiger partial charge in [-0.1, -0.05) is 33.3 Å². The molecule has 2 aliphatic rings. The molecule has 7 heteroatoms. The van der Waals surface area contributed by atoms with Crippen molar-refractivity contribution in [3.63, 3.8) is 0 Å². The Morgan fingerprint density at radius 3 is 2.84 bits per heavy atom. The number of carboxylic acids is 1. The van der Waals surface area contributed by atoms with Gasteiger partial charge in [0, 0.05) is 17.9 Å². The van der Waals surface area contributed by atoms with E-state index in [1.807, 2.05) is 20.8 Å². The fourth-order valence-corrected chi connectivity index (χ4v) is 4.20. The molecule has 3 atom stereocenters. The van der Waals surface area contributed by atoms with Crippen molar-refractivity contribution in [1.29, 1.82) is 0 Å². The maximum atomic E-state index is 12.5. The molecule has 2 rings (SSSR count). The van der Waals surface area contributed by atoms with Crippen molar-refractivity contribution < 1.29 is 19.4 Å². The standard InChI is InChI=1S/C18H24ClNO4S/c1-4-11(3)18(19)7-6-12(10-13(18)17(22)23)20-16(21)15-14(5-2)24-8-9-25-15/h6-7,10-11,13H,4-5,8-9H2,1-3H3,(H,20,21)(H,22,23). The molecule has 25 heavy (non-hydrogen) atoms. The van der Waals surface area contributed by atoms with Gasteiger partial charge in [-0.25, -0.2) is 0 Å². The number of carboxylic acid groups (broad SMARTS) is 1. The summed E-state index contributed by atoms with van der Waals surface area (Å²) in [5.74, 6) is -0.800. The number of thioether (sulfide) groups is 1. The number of carbonyl (C=O) groups excluding carboxylic acids is 1. The molecular formula is C18H24ClNO4S. The predicted molar refractivity (Wildman–Crippen MR) is 100 cm³/mol. The Morgan fingerprint density at radius 2 is 2.24 bits per heavy atom. The van der Waals surface area contributed by atoms with Crippen LogP contribution >= 0.6 is 23.4 Å². The average Bonchev–Trinajstić information content (AvgIpc) is 2.62. The van der Waals surface area contributed by atoms with Crippen molar-refractivity contribution in [2.24, 2.45) is 11.8 Å². The van der Waals surface area contributed by atoms with Crippen LogP contribution in [0.1, 0.15) is 33.6 Å². The minimum Gasteiger partial charge on any atom is -0.496 e. The van der Waals surface area contributed by atoms with Crippen LogP contribution in [0.5, 0.6) is 0 Å². The van der Waals surface area contributed by atoms with Crippen LogP contribution in [-0.2, 0) is 14.3 Å². The molecule has 0 aromatic rings. The number of alkyl halides is 1. The van der Waals surface area contributed by atoms with Crippen molar-refractivity contribution in [3.8, 4) is 0 Å². The average molecular weight is 386 g/mol. The molecule has 0 saturated carbocycles. The highest BCUT2D eigenvalue weighted by atomic mass is 35.5. The number of amides is 1. The van der Waals surface area contributed by atoms with E-state index < -0.39 is 16.8 Å². The molecule has 1 heterocycles. The number of halogens is 1. The van der Waals surface area contributed by atoms with Crippen LogP contribution in [0.2, 0.25) is 0 Å². The number of aliphatic carboxylic acids is 1. The van der Waals surface area contributed by atoms with E-state index in [0.717, 1.165) is 12.2 Å². The Bertz CT molecular complexity index is 643. The van der Waals surface area contributed by atoms with Gasteiger partial charge in [-0.3, -0.25) is 9.59 Å². The van der Waals surface area contributed by atoms with Gasteiger partial charge >= 0.3 is 5.97 Å². The molecule has 0 fully saturated rings. The van der Waals surface area contributed by atoms with Gasteiger partial charge in [0.2, 0.25) is 0 Å². The van der Waals surface area contributed by atoms with Crippen LogP contribution in [0.3, 0.4) is 0 Å². The summed E-state index contributed by atoms with van der Waals surface area (Å²) in [6.45, 7) is 6.43. The first-order valence-corrected chi connectivity index (χ1v) is 9.82. The van der Waals surface area contributed by atoms with Crippen molar-refractivity contribution in [3.05, 3.63) is 34.6 Å². The summed E-state index contributed by atoms with van der Waals surface area (Å²) in [6, 6.07) is 0. The number of carbonyl (C=O) groups is 2. The van der Waals surface area contributed by atoms with Gasteiger partial charge in [0.25, 0.3) is 5.91 Å². The van der Waals surface area contributed by atoms with Gasteiger partial charge < -0.3 is 15.2 Å². The second-order valence-corrected chi connectivity index (χ2v) is 7.92. The van der Waals surface area contributed by atoms with Crippen molar-refractivity contribution in [1.82, 2.24) is 5.32 Å². The third kappa shape index (κ3) is 4.23. The Kier molecular flexibility index (Phi) is 6.63. The van der Waals surface area contributed by atoms with E-state index in [9.17, 15) is 14.7 Å². The lowest BCUT2D eigenvalue weighted by Gasteiger charge is -2.36. The van der Waals surface area contributed by atoms with E-state index in [2.05, 4.69) is 5.32 Å². The molecule has 1 amide bonds. The van der Waals surface area contributed by atoms with Gasteiger partial charge in [0.1, 0.15) is 10.7 Å². The Morgan fingerprint density at radius 1 is 1.52 bits per heavy atom. The van der Waals surface area contributed by atoms with Gasteiger partial charge in [0.05, 0.1) is 17.4 Å². The first kappa shape index (κ1) is 19.9. The normalized spacial score (nSPS) is 27.4. The summed E-state index contributed by atoms with van der Waals surface area (Å²) in [4.78, 5) is 23.8. The van der Waals surface area contributed by atoms with Gasteiger partial charge in [-0.05, 0) is 18.1 Å². The molecule has 0 radical (unpaired) electrons. The first-order chi connectivity index (χ1) is 11.8. The Balaban J connectivity index is 2.22. The maximum Gasteiger partial charge on any atom is 0.312 e. The second-order valence-electron chi connectivity index (χ2n) is 6.16.